The van der Waals surface area contributed by atoms with Crippen molar-refractivity contribution in [3.63, 3.8) is 0 Å². The molecule has 8 nitrogen and oxygen atoms in total. The van der Waals surface area contributed by atoms with Crippen LogP contribution in [0, 0.1) is 5.92 Å². The number of nitrogens with zero attached hydrogens (tertiary/aromatic N) is 4. The van der Waals surface area contributed by atoms with Gasteiger partial charge in [0.2, 0.25) is 14.1 Å². The number of nitrogens with one attached hydrogen (secondary N) is 1. The molecule has 1 fully saturated rings. The molecule has 0 radical (unpaired) electrons. The van der Waals surface area contributed by atoms with Crippen LogP contribution in [0.2, 0.25) is 34.8 Å². The Balaban J connectivity index is 1.56. The van der Waals surface area contributed by atoms with Gasteiger partial charge in [-0.3, -0.25) is 9.48 Å². The number of carbonyl (C=O) groups excluding carboxylic acids is 1. The number of aromatic nitrogens is 4. The van der Waals surface area contributed by atoms with Crippen LogP contribution in [0.5, 0.6) is 0 Å². The molecule has 0 amide bonds. The van der Waals surface area contributed by atoms with Gasteiger partial charge < -0.3 is 14.2 Å². The molecule has 0 unspecified atom stereocenters. The number of carbonyl (C=O) groups is 1. The second kappa shape index (κ2) is 15.1. The minimum atomic E-state index is -2.13. The van der Waals surface area contributed by atoms with Crippen LogP contribution in [0.15, 0.2) is 53.5 Å². The first-order valence-electron chi connectivity index (χ1n) is 17.2. The Morgan fingerprint density at radius 3 is 2.36 bits per heavy atom. The third kappa shape index (κ3) is 8.70. The molecule has 0 saturated heterocycles. The van der Waals surface area contributed by atoms with E-state index in [0.717, 1.165) is 22.9 Å². The van der Waals surface area contributed by atoms with Gasteiger partial charge in [-0.15, -0.1) is 0 Å². The number of hydrogen-bond donors (Lipinski definition) is 1. The van der Waals surface area contributed by atoms with Gasteiger partial charge in [-0.05, 0) is 71.4 Å². The second-order valence-corrected chi connectivity index (χ2v) is 26.9. The molecule has 3 atom stereocenters. The fraction of sp³-hybridized carbons (Fsp3) is 0.611. The number of hydrogen-bond acceptors (Lipinski definition) is 7. The summed E-state index contributed by atoms with van der Waals surface area (Å²) in [5.41, 5.74) is 3.36. The van der Waals surface area contributed by atoms with Crippen LogP contribution < -0.4 is 5.32 Å². The summed E-state index contributed by atoms with van der Waals surface area (Å²) in [6, 6.07) is 9.93. The zero-order valence-corrected chi connectivity index (χ0v) is 33.9. The number of halogens is 1. The molecule has 2 heterocycles. The highest BCUT2D eigenvalue weighted by Crippen LogP contribution is 2.46. The standard InChI is InChI=1S/C36H56BrN5O3Si2/c1-24(2)47(25(3)4,26(5)6)45-33-19-30(18-28(33)22-44-46(10,11)36(7,8)9)40-35-31(20-38-23-39-35)34(43)32-15-16-42(41-32)21-27-13-12-14-29(37)17-27/h12-17,20,23-26,28,30,33H,18-19,21-22H2,1-11H3,(H,38,39,40)/t28-,30-,33+/m1/s1. The van der Waals surface area contributed by atoms with Crippen LogP contribution in [-0.2, 0) is 15.4 Å². The molecule has 1 N–H and O–H groups in total. The predicted octanol–water partition coefficient (Wildman–Crippen LogP) is 9.49. The average molecular weight is 743 g/mol. The lowest BCUT2D eigenvalue weighted by Crippen LogP contribution is -2.51. The maximum atomic E-state index is 13.8. The van der Waals surface area contributed by atoms with Gasteiger partial charge in [0.15, 0.2) is 8.32 Å². The Morgan fingerprint density at radius 2 is 1.74 bits per heavy atom. The summed E-state index contributed by atoms with van der Waals surface area (Å²) in [5, 5.41) is 8.39. The number of ketones is 1. The van der Waals surface area contributed by atoms with E-state index in [2.05, 4.69) is 118 Å². The van der Waals surface area contributed by atoms with Crippen molar-refractivity contribution in [2.75, 3.05) is 11.9 Å². The molecule has 4 rings (SSSR count). The van der Waals surface area contributed by atoms with Gasteiger partial charge in [-0.1, -0.05) is 90.4 Å². The molecule has 1 aromatic carbocycles. The smallest absolute Gasteiger partial charge is 0.218 e. The highest BCUT2D eigenvalue weighted by atomic mass is 79.9. The van der Waals surface area contributed by atoms with Crippen molar-refractivity contribution in [2.24, 2.45) is 5.92 Å². The van der Waals surface area contributed by atoms with Crippen molar-refractivity contribution in [1.82, 2.24) is 19.7 Å². The highest BCUT2D eigenvalue weighted by Gasteiger charge is 2.50. The first kappa shape index (κ1) is 37.6. The van der Waals surface area contributed by atoms with E-state index in [-0.39, 0.29) is 28.9 Å². The summed E-state index contributed by atoms with van der Waals surface area (Å²) in [6.07, 6.45) is 6.74. The topological polar surface area (TPSA) is 91.2 Å². The van der Waals surface area contributed by atoms with E-state index in [1.54, 1.807) is 16.9 Å². The minimum Gasteiger partial charge on any atom is -0.416 e. The predicted molar refractivity (Wildman–Crippen MR) is 200 cm³/mol. The summed E-state index contributed by atoms with van der Waals surface area (Å²) in [6.45, 7) is 26.8. The quantitative estimate of drug-likeness (QED) is 0.130. The van der Waals surface area contributed by atoms with Crippen molar-refractivity contribution in [3.05, 3.63) is 70.3 Å². The molecule has 1 aliphatic carbocycles. The summed E-state index contributed by atoms with van der Waals surface area (Å²) in [7, 11) is -4.09. The van der Waals surface area contributed by atoms with E-state index in [1.807, 2.05) is 24.4 Å². The summed E-state index contributed by atoms with van der Waals surface area (Å²) >= 11 is 3.53. The van der Waals surface area contributed by atoms with Crippen LogP contribution >= 0.6 is 15.9 Å². The monoisotopic (exact) mass is 741 g/mol. The minimum absolute atomic E-state index is 0.0749. The fourth-order valence-electron chi connectivity index (χ4n) is 7.06. The van der Waals surface area contributed by atoms with Gasteiger partial charge in [-0.25, -0.2) is 9.97 Å². The number of rotatable bonds is 14. The SMILES string of the molecule is CC(C)[Si](O[C@H]1C[C@H](Nc2ncncc2C(=O)c2ccn(Cc3cccc(Br)c3)n2)C[C@@H]1CO[Si](C)(C)C(C)(C)C)(C(C)C)C(C)C. The third-order valence-electron chi connectivity index (χ3n) is 10.6. The normalized spacial score (nSPS) is 19.3. The van der Waals surface area contributed by atoms with Gasteiger partial charge in [-0.2, -0.15) is 5.10 Å². The van der Waals surface area contributed by atoms with Gasteiger partial charge in [0.1, 0.15) is 17.8 Å². The van der Waals surface area contributed by atoms with Crippen LogP contribution in [0.3, 0.4) is 0 Å². The van der Waals surface area contributed by atoms with Crippen molar-refractivity contribution >= 4 is 44.2 Å². The Kier molecular flexibility index (Phi) is 12.1. The lowest BCUT2D eigenvalue weighted by Gasteiger charge is -2.45. The fourth-order valence-corrected chi connectivity index (χ4v) is 14.2. The zero-order chi connectivity index (χ0) is 34.7. The van der Waals surface area contributed by atoms with Gasteiger partial charge in [0.25, 0.3) is 0 Å². The Hall–Kier alpha value is -2.19. The Morgan fingerprint density at radius 1 is 1.06 bits per heavy atom. The molecule has 0 spiro atoms. The molecule has 1 saturated carbocycles. The number of benzene rings is 1. The second-order valence-electron chi connectivity index (χ2n) is 15.8. The lowest BCUT2D eigenvalue weighted by atomic mass is 10.1. The molecule has 3 aromatic rings. The molecule has 0 aliphatic heterocycles. The summed E-state index contributed by atoms with van der Waals surface area (Å²) in [5.74, 6) is 0.594. The van der Waals surface area contributed by atoms with Crippen molar-refractivity contribution in [1.29, 1.82) is 0 Å². The molecule has 258 valence electrons. The molecular weight excluding hydrogens is 687 g/mol. The Bertz CT molecular complexity index is 1480. The number of anilines is 1. The van der Waals surface area contributed by atoms with E-state index >= 15 is 0 Å². The van der Waals surface area contributed by atoms with Crippen molar-refractivity contribution in [2.45, 2.75) is 129 Å². The van der Waals surface area contributed by atoms with Crippen LogP contribution in [0.25, 0.3) is 0 Å². The largest absolute Gasteiger partial charge is 0.416 e. The van der Waals surface area contributed by atoms with E-state index in [9.17, 15) is 4.79 Å². The van der Waals surface area contributed by atoms with E-state index in [4.69, 9.17) is 8.85 Å². The van der Waals surface area contributed by atoms with Crippen LogP contribution in [0.1, 0.15) is 96.8 Å². The summed E-state index contributed by atoms with van der Waals surface area (Å²) in [4.78, 5) is 22.6. The average Bonchev–Trinajstić information content (AvgIpc) is 3.60. The molecule has 0 bridgehead atoms. The lowest BCUT2D eigenvalue weighted by molar-refractivity contribution is 0.0971. The molecule has 2 aromatic heterocycles. The maximum absolute atomic E-state index is 13.8. The van der Waals surface area contributed by atoms with Crippen molar-refractivity contribution < 1.29 is 13.6 Å². The summed E-state index contributed by atoms with van der Waals surface area (Å²) < 4.78 is 17.1. The van der Waals surface area contributed by atoms with E-state index < -0.39 is 16.6 Å². The molecule has 11 heteroatoms. The molecular formula is C36H56BrN5O3Si2. The maximum Gasteiger partial charge on any atom is 0.218 e. The zero-order valence-electron chi connectivity index (χ0n) is 30.3. The molecule has 1 aliphatic rings. The Labute approximate surface area is 293 Å². The first-order chi connectivity index (χ1) is 21.9. The van der Waals surface area contributed by atoms with Crippen LogP contribution in [-0.4, -0.2) is 60.9 Å². The van der Waals surface area contributed by atoms with Crippen LogP contribution in [0.4, 0.5) is 5.82 Å². The third-order valence-corrected chi connectivity index (χ3v) is 21.7. The molecule has 47 heavy (non-hydrogen) atoms. The van der Waals surface area contributed by atoms with Crippen molar-refractivity contribution in [3.8, 4) is 0 Å². The highest BCUT2D eigenvalue weighted by molar-refractivity contribution is 9.10. The van der Waals surface area contributed by atoms with Gasteiger partial charge >= 0.3 is 0 Å². The van der Waals surface area contributed by atoms with E-state index in [1.165, 1.54) is 6.33 Å². The van der Waals surface area contributed by atoms with Gasteiger partial charge in [0, 0.05) is 35.4 Å². The van der Waals surface area contributed by atoms with Gasteiger partial charge in [0.05, 0.1) is 18.2 Å². The first-order valence-corrected chi connectivity index (χ1v) is 23.0. The van der Waals surface area contributed by atoms with E-state index in [0.29, 0.717) is 46.9 Å².